The first-order valence-corrected chi connectivity index (χ1v) is 10.1. The highest BCUT2D eigenvalue weighted by atomic mass is 32.2. The lowest BCUT2D eigenvalue weighted by Gasteiger charge is -2.26. The van der Waals surface area contributed by atoms with Gasteiger partial charge in [0.1, 0.15) is 10.7 Å². The Morgan fingerprint density at radius 2 is 2.00 bits per heavy atom. The summed E-state index contributed by atoms with van der Waals surface area (Å²) >= 11 is 0. The SMILES string of the molecule is O=C(NC[C@@H]1CCCO1)c1ccc(F)c(S(=O)(=O)N2CCCCC2)c1. The molecule has 138 valence electrons. The summed E-state index contributed by atoms with van der Waals surface area (Å²) < 4.78 is 46.3. The molecule has 2 aliphatic rings. The fraction of sp³-hybridized carbons (Fsp3) is 0.588. The van der Waals surface area contributed by atoms with Gasteiger partial charge in [-0.05, 0) is 43.9 Å². The number of ether oxygens (including phenoxy) is 1. The van der Waals surface area contributed by atoms with Gasteiger partial charge in [0, 0.05) is 31.8 Å². The van der Waals surface area contributed by atoms with Gasteiger partial charge >= 0.3 is 0 Å². The molecule has 1 amide bonds. The van der Waals surface area contributed by atoms with E-state index in [0.29, 0.717) is 26.2 Å². The van der Waals surface area contributed by atoms with Crippen molar-refractivity contribution in [1.29, 1.82) is 0 Å². The summed E-state index contributed by atoms with van der Waals surface area (Å²) in [5, 5.41) is 2.72. The topological polar surface area (TPSA) is 75.7 Å². The second-order valence-electron chi connectivity index (χ2n) is 6.45. The van der Waals surface area contributed by atoms with Crippen LogP contribution < -0.4 is 5.32 Å². The van der Waals surface area contributed by atoms with Gasteiger partial charge in [-0.15, -0.1) is 0 Å². The van der Waals surface area contributed by atoms with E-state index in [1.165, 1.54) is 10.4 Å². The highest BCUT2D eigenvalue weighted by Gasteiger charge is 2.29. The minimum atomic E-state index is -3.93. The number of halogens is 1. The van der Waals surface area contributed by atoms with Gasteiger partial charge in [-0.1, -0.05) is 6.42 Å². The van der Waals surface area contributed by atoms with Crippen LogP contribution in [0.3, 0.4) is 0 Å². The van der Waals surface area contributed by atoms with Crippen LogP contribution in [0.1, 0.15) is 42.5 Å². The zero-order chi connectivity index (χ0) is 17.9. The van der Waals surface area contributed by atoms with Crippen molar-refractivity contribution in [2.24, 2.45) is 0 Å². The number of carbonyl (C=O) groups excluding carboxylic acids is 1. The number of carbonyl (C=O) groups is 1. The molecule has 3 rings (SSSR count). The van der Waals surface area contributed by atoms with E-state index in [9.17, 15) is 17.6 Å². The summed E-state index contributed by atoms with van der Waals surface area (Å²) in [5.41, 5.74) is 0.134. The van der Waals surface area contributed by atoms with Gasteiger partial charge in [-0.25, -0.2) is 12.8 Å². The first kappa shape index (κ1) is 18.3. The van der Waals surface area contributed by atoms with E-state index in [4.69, 9.17) is 4.74 Å². The third-order valence-electron chi connectivity index (χ3n) is 4.64. The second kappa shape index (κ2) is 7.80. The number of hydrogen-bond acceptors (Lipinski definition) is 4. The minimum Gasteiger partial charge on any atom is -0.376 e. The van der Waals surface area contributed by atoms with Crippen LogP contribution in [0.15, 0.2) is 23.1 Å². The van der Waals surface area contributed by atoms with Gasteiger partial charge in [-0.3, -0.25) is 4.79 Å². The Hall–Kier alpha value is -1.51. The second-order valence-corrected chi connectivity index (χ2v) is 8.36. The molecule has 2 fully saturated rings. The highest BCUT2D eigenvalue weighted by molar-refractivity contribution is 7.89. The van der Waals surface area contributed by atoms with Gasteiger partial charge in [0.05, 0.1) is 6.10 Å². The van der Waals surface area contributed by atoms with Crippen molar-refractivity contribution in [2.45, 2.75) is 43.1 Å². The number of benzene rings is 1. The number of sulfonamides is 1. The lowest BCUT2D eigenvalue weighted by atomic mass is 10.2. The molecule has 0 saturated carbocycles. The summed E-state index contributed by atoms with van der Waals surface area (Å²) in [6.07, 6.45) is 4.35. The van der Waals surface area contributed by atoms with Crippen LogP contribution in [0.5, 0.6) is 0 Å². The Morgan fingerprint density at radius 3 is 2.68 bits per heavy atom. The highest BCUT2D eigenvalue weighted by Crippen LogP contribution is 2.24. The maximum absolute atomic E-state index is 14.2. The van der Waals surface area contributed by atoms with E-state index in [1.54, 1.807) is 0 Å². The molecule has 1 N–H and O–H groups in total. The number of piperidine rings is 1. The molecule has 25 heavy (non-hydrogen) atoms. The van der Waals surface area contributed by atoms with Crippen LogP contribution in [-0.4, -0.2) is 51.0 Å². The van der Waals surface area contributed by atoms with Gasteiger partial charge in [0.15, 0.2) is 0 Å². The van der Waals surface area contributed by atoms with Gasteiger partial charge in [0.2, 0.25) is 10.0 Å². The summed E-state index contributed by atoms with van der Waals surface area (Å²) in [7, 11) is -3.93. The fourth-order valence-corrected chi connectivity index (χ4v) is 4.81. The average molecular weight is 370 g/mol. The molecular weight excluding hydrogens is 347 g/mol. The van der Waals surface area contributed by atoms with Gasteiger partial charge < -0.3 is 10.1 Å². The van der Waals surface area contributed by atoms with Crippen molar-refractivity contribution in [3.8, 4) is 0 Å². The van der Waals surface area contributed by atoms with Crippen LogP contribution in [0.4, 0.5) is 4.39 Å². The largest absolute Gasteiger partial charge is 0.376 e. The van der Waals surface area contributed by atoms with Crippen molar-refractivity contribution in [3.05, 3.63) is 29.6 Å². The van der Waals surface area contributed by atoms with Crippen molar-refractivity contribution in [2.75, 3.05) is 26.2 Å². The summed E-state index contributed by atoms with van der Waals surface area (Å²) in [5.74, 6) is -1.26. The van der Waals surface area contributed by atoms with E-state index < -0.39 is 26.6 Å². The predicted octanol–water partition coefficient (Wildman–Crippen LogP) is 1.91. The van der Waals surface area contributed by atoms with Gasteiger partial charge in [-0.2, -0.15) is 4.31 Å². The maximum Gasteiger partial charge on any atom is 0.251 e. The van der Waals surface area contributed by atoms with Crippen LogP contribution in [0.25, 0.3) is 0 Å². The summed E-state index contributed by atoms with van der Waals surface area (Å²) in [6.45, 7) is 1.83. The van der Waals surface area contributed by atoms with Crippen LogP contribution in [0.2, 0.25) is 0 Å². The molecule has 0 bridgehead atoms. The number of nitrogens with zero attached hydrogens (tertiary/aromatic N) is 1. The Labute approximate surface area is 147 Å². The fourth-order valence-electron chi connectivity index (χ4n) is 3.20. The third-order valence-corrected chi connectivity index (χ3v) is 6.55. The van der Waals surface area contributed by atoms with E-state index >= 15 is 0 Å². The molecule has 2 heterocycles. The molecule has 8 heteroatoms. The molecular formula is C17H23FN2O4S. The monoisotopic (exact) mass is 370 g/mol. The third kappa shape index (κ3) is 4.19. The predicted molar refractivity (Wildman–Crippen MR) is 90.3 cm³/mol. The van der Waals surface area contributed by atoms with Crippen LogP contribution in [-0.2, 0) is 14.8 Å². The van der Waals surface area contributed by atoms with Crippen LogP contribution >= 0.6 is 0 Å². The number of hydrogen-bond donors (Lipinski definition) is 1. The zero-order valence-corrected chi connectivity index (χ0v) is 14.9. The minimum absolute atomic E-state index is 0.0130. The van der Waals surface area contributed by atoms with E-state index in [2.05, 4.69) is 5.32 Å². The van der Waals surface area contributed by atoms with E-state index in [0.717, 1.165) is 44.2 Å². The van der Waals surface area contributed by atoms with Crippen LogP contribution in [0, 0.1) is 5.82 Å². The quantitative estimate of drug-likeness (QED) is 0.859. The standard InChI is InChI=1S/C17H23FN2O4S/c18-15-7-6-13(17(21)19-12-14-5-4-10-24-14)11-16(15)25(22,23)20-8-2-1-3-9-20/h6-7,11,14H,1-5,8-10,12H2,(H,19,21)/t14-/m0/s1. The Morgan fingerprint density at radius 1 is 1.24 bits per heavy atom. The number of nitrogens with one attached hydrogen (secondary N) is 1. The smallest absolute Gasteiger partial charge is 0.251 e. The zero-order valence-electron chi connectivity index (χ0n) is 14.0. The Balaban J connectivity index is 1.76. The normalized spacial score (nSPS) is 22.0. The summed E-state index contributed by atoms with van der Waals surface area (Å²) in [4.78, 5) is 11.8. The lowest BCUT2D eigenvalue weighted by molar-refractivity contribution is 0.0857. The van der Waals surface area contributed by atoms with E-state index in [1.807, 2.05) is 0 Å². The number of amides is 1. The lowest BCUT2D eigenvalue weighted by Crippen LogP contribution is -2.36. The molecule has 0 unspecified atom stereocenters. The van der Waals surface area contributed by atoms with Crippen molar-refractivity contribution < 1.29 is 22.3 Å². The van der Waals surface area contributed by atoms with Gasteiger partial charge in [0.25, 0.3) is 5.91 Å². The average Bonchev–Trinajstić information content (AvgIpc) is 3.14. The molecule has 6 nitrogen and oxygen atoms in total. The summed E-state index contributed by atoms with van der Waals surface area (Å²) in [6, 6.07) is 3.47. The Kier molecular flexibility index (Phi) is 5.71. The number of rotatable bonds is 5. The molecule has 2 aliphatic heterocycles. The van der Waals surface area contributed by atoms with Crippen molar-refractivity contribution in [3.63, 3.8) is 0 Å². The Bertz CT molecular complexity index is 726. The molecule has 1 aromatic carbocycles. The van der Waals surface area contributed by atoms with Crippen molar-refractivity contribution in [1.82, 2.24) is 9.62 Å². The maximum atomic E-state index is 14.2. The van der Waals surface area contributed by atoms with Crippen molar-refractivity contribution >= 4 is 15.9 Å². The molecule has 0 aromatic heterocycles. The molecule has 0 radical (unpaired) electrons. The molecule has 1 atom stereocenters. The molecule has 1 aromatic rings. The van der Waals surface area contributed by atoms with E-state index in [-0.39, 0.29) is 11.7 Å². The molecule has 2 saturated heterocycles. The molecule has 0 spiro atoms. The molecule has 0 aliphatic carbocycles. The first-order valence-electron chi connectivity index (χ1n) is 8.68. The first-order chi connectivity index (χ1) is 12.0.